The highest BCUT2D eigenvalue weighted by Crippen LogP contribution is 2.50. The van der Waals surface area contributed by atoms with Crippen LogP contribution in [0.1, 0.15) is 18.4 Å². The van der Waals surface area contributed by atoms with Gasteiger partial charge in [-0.25, -0.2) is 0 Å². The Morgan fingerprint density at radius 2 is 2.20 bits per heavy atom. The Labute approximate surface area is 121 Å². The van der Waals surface area contributed by atoms with Gasteiger partial charge in [-0.3, -0.25) is 9.59 Å². The van der Waals surface area contributed by atoms with Crippen LogP contribution in [0.4, 0.5) is 5.69 Å². The molecule has 3 aliphatic rings. The minimum Gasteiger partial charge on any atom is -0.457 e. The Hall–Kier alpha value is -1.55. The van der Waals surface area contributed by atoms with E-state index in [0.29, 0.717) is 11.4 Å². The molecule has 3 heterocycles. The highest BCUT2D eigenvalue weighted by atomic mass is 35.5. The molecule has 0 saturated carbocycles. The molecule has 5 heteroatoms. The third-order valence-corrected chi connectivity index (χ3v) is 5.23. The van der Waals surface area contributed by atoms with Crippen LogP contribution in [0.15, 0.2) is 18.2 Å². The maximum Gasteiger partial charge on any atom is 0.322 e. The molecule has 4 nitrogen and oxygen atoms in total. The van der Waals surface area contributed by atoms with E-state index in [1.54, 1.807) is 0 Å². The normalized spacial score (nSPS) is 31.4. The fourth-order valence-corrected chi connectivity index (χ4v) is 4.19. The molecular weight excluding hydrogens is 278 g/mol. The number of halogens is 1. The molecule has 3 aliphatic heterocycles. The fourth-order valence-electron chi connectivity index (χ4n) is 3.95. The van der Waals surface area contributed by atoms with Gasteiger partial charge in [0.05, 0.1) is 6.04 Å². The number of esters is 1. The monoisotopic (exact) mass is 291 g/mol. The second-order valence-corrected chi connectivity index (χ2v) is 6.14. The van der Waals surface area contributed by atoms with Crippen molar-refractivity contribution in [2.45, 2.75) is 25.3 Å². The Kier molecular flexibility index (Phi) is 2.43. The van der Waals surface area contributed by atoms with E-state index < -0.39 is 5.41 Å². The van der Waals surface area contributed by atoms with E-state index in [1.165, 1.54) is 0 Å². The first-order valence-corrected chi connectivity index (χ1v) is 7.27. The lowest BCUT2D eigenvalue weighted by Crippen LogP contribution is -2.55. The predicted octanol–water partition coefficient (Wildman–Crippen LogP) is 1.98. The summed E-state index contributed by atoms with van der Waals surface area (Å²) in [7, 11) is 0. The largest absolute Gasteiger partial charge is 0.457 e. The van der Waals surface area contributed by atoms with Crippen molar-refractivity contribution in [2.75, 3.05) is 18.1 Å². The maximum absolute atomic E-state index is 12.4. The van der Waals surface area contributed by atoms with Crippen molar-refractivity contribution in [1.82, 2.24) is 0 Å². The Bertz CT molecular complexity index is 612. The highest BCUT2D eigenvalue weighted by molar-refractivity contribution is 6.32. The van der Waals surface area contributed by atoms with E-state index in [0.717, 1.165) is 30.6 Å². The zero-order valence-corrected chi connectivity index (χ0v) is 11.7. The van der Waals surface area contributed by atoms with Crippen molar-refractivity contribution in [3.8, 4) is 0 Å². The number of anilines is 1. The lowest BCUT2D eigenvalue weighted by Gasteiger charge is -2.43. The molecule has 2 saturated heterocycles. The molecule has 0 aliphatic carbocycles. The van der Waals surface area contributed by atoms with E-state index in [2.05, 4.69) is 4.90 Å². The molecule has 20 heavy (non-hydrogen) atoms. The molecule has 0 unspecified atom stereocenters. The molecule has 1 aromatic rings. The molecule has 104 valence electrons. The summed E-state index contributed by atoms with van der Waals surface area (Å²) in [6.45, 7) is 0.767. The van der Waals surface area contributed by atoms with Gasteiger partial charge in [0.15, 0.2) is 17.8 Å². The maximum atomic E-state index is 12.4. The number of hydrogen-bond acceptors (Lipinski definition) is 4. The third-order valence-electron chi connectivity index (χ3n) is 4.88. The quantitative estimate of drug-likeness (QED) is 0.542. The van der Waals surface area contributed by atoms with E-state index in [-0.39, 0.29) is 24.4 Å². The van der Waals surface area contributed by atoms with E-state index >= 15 is 0 Å². The predicted molar refractivity (Wildman–Crippen MR) is 73.9 cm³/mol. The first-order chi connectivity index (χ1) is 9.64. The van der Waals surface area contributed by atoms with Gasteiger partial charge in [0, 0.05) is 23.7 Å². The number of hydrogen-bond donors (Lipinski definition) is 0. The zero-order valence-electron chi connectivity index (χ0n) is 10.9. The summed E-state index contributed by atoms with van der Waals surface area (Å²) in [6, 6.07) is 5.69. The van der Waals surface area contributed by atoms with Gasteiger partial charge in [-0.05, 0) is 30.5 Å². The lowest BCUT2D eigenvalue weighted by molar-refractivity contribution is -0.148. The fraction of sp³-hybridized carbons (Fsp3) is 0.467. The Balaban J connectivity index is 1.94. The van der Waals surface area contributed by atoms with Gasteiger partial charge >= 0.3 is 5.97 Å². The van der Waals surface area contributed by atoms with Crippen LogP contribution < -0.4 is 4.90 Å². The first kappa shape index (κ1) is 12.2. The third kappa shape index (κ3) is 1.32. The minimum atomic E-state index is -1.03. The summed E-state index contributed by atoms with van der Waals surface area (Å²) >= 11 is 6.30. The van der Waals surface area contributed by atoms with Crippen molar-refractivity contribution in [2.24, 2.45) is 5.41 Å². The second kappa shape index (κ2) is 3.98. The number of cyclic esters (lactones) is 1. The molecule has 2 fully saturated rings. The van der Waals surface area contributed by atoms with Crippen LogP contribution in [0.25, 0.3) is 0 Å². The molecule has 0 bridgehead atoms. The number of ether oxygens (including phenoxy) is 1. The van der Waals surface area contributed by atoms with E-state index in [9.17, 15) is 9.59 Å². The molecule has 0 amide bonds. The number of ketones is 1. The van der Waals surface area contributed by atoms with Gasteiger partial charge in [0.2, 0.25) is 0 Å². The van der Waals surface area contributed by atoms with E-state index in [4.69, 9.17) is 16.3 Å². The molecule has 4 rings (SSSR count). The average Bonchev–Trinajstić information content (AvgIpc) is 3.02. The zero-order chi connectivity index (χ0) is 13.9. The van der Waals surface area contributed by atoms with Crippen molar-refractivity contribution in [1.29, 1.82) is 0 Å². The van der Waals surface area contributed by atoms with Crippen LogP contribution in [0.2, 0.25) is 5.02 Å². The van der Waals surface area contributed by atoms with Crippen molar-refractivity contribution in [3.05, 3.63) is 28.8 Å². The van der Waals surface area contributed by atoms with Crippen LogP contribution >= 0.6 is 11.6 Å². The van der Waals surface area contributed by atoms with Gasteiger partial charge in [-0.1, -0.05) is 17.7 Å². The highest BCUT2D eigenvalue weighted by Gasteiger charge is 2.62. The number of rotatable bonds is 0. The summed E-state index contributed by atoms with van der Waals surface area (Å²) in [6.07, 6.45) is 2.21. The average molecular weight is 292 g/mol. The molecule has 1 aromatic carbocycles. The standard InChI is InChI=1S/C15H14ClNO3/c16-10-3-1-4-11-9(10)7-15(12-5-2-6-17(11)12)13(18)8-20-14(15)19/h1,3-4,12H,2,5-8H2/t12-,15-/m0/s1. The van der Waals surface area contributed by atoms with Crippen LogP contribution in [0, 0.1) is 5.41 Å². The van der Waals surface area contributed by atoms with Gasteiger partial charge in [-0.15, -0.1) is 0 Å². The number of benzene rings is 1. The summed E-state index contributed by atoms with van der Waals surface area (Å²) in [5.74, 6) is -0.463. The summed E-state index contributed by atoms with van der Waals surface area (Å²) < 4.78 is 5.06. The molecule has 0 aromatic heterocycles. The van der Waals surface area contributed by atoms with Crippen LogP contribution in [0.3, 0.4) is 0 Å². The Morgan fingerprint density at radius 1 is 1.35 bits per heavy atom. The molecular formula is C15H14ClNO3. The van der Waals surface area contributed by atoms with Gasteiger partial charge < -0.3 is 9.64 Å². The molecule has 1 spiro atoms. The van der Waals surface area contributed by atoms with Crippen LogP contribution in [-0.2, 0) is 20.7 Å². The second-order valence-electron chi connectivity index (χ2n) is 5.74. The van der Waals surface area contributed by atoms with Crippen molar-refractivity contribution in [3.63, 3.8) is 0 Å². The number of nitrogens with zero attached hydrogens (tertiary/aromatic N) is 1. The van der Waals surface area contributed by atoms with Crippen LogP contribution in [-0.4, -0.2) is 30.9 Å². The summed E-state index contributed by atoms with van der Waals surface area (Å²) in [5.41, 5.74) is 0.937. The SMILES string of the molecule is O=C1COC(=O)[C@]12Cc1c(Cl)cccc1N1CCC[C@H]12. The smallest absolute Gasteiger partial charge is 0.322 e. The lowest BCUT2D eigenvalue weighted by atomic mass is 9.69. The van der Waals surface area contributed by atoms with E-state index in [1.807, 2.05) is 18.2 Å². The van der Waals surface area contributed by atoms with Gasteiger partial charge in [-0.2, -0.15) is 0 Å². The Morgan fingerprint density at radius 3 is 2.95 bits per heavy atom. The molecule has 2 atom stereocenters. The van der Waals surface area contributed by atoms with Gasteiger partial charge in [0.1, 0.15) is 0 Å². The minimum absolute atomic E-state index is 0.0732. The van der Waals surface area contributed by atoms with Crippen molar-refractivity contribution >= 4 is 29.0 Å². The first-order valence-electron chi connectivity index (χ1n) is 6.89. The number of fused-ring (bicyclic) bond motifs is 4. The number of carbonyl (C=O) groups excluding carboxylic acids is 2. The number of carbonyl (C=O) groups is 2. The number of Topliss-reactive ketones (excluding diaryl/α,β-unsaturated/α-hetero) is 1. The summed E-state index contributed by atoms with van der Waals surface area (Å²) in [4.78, 5) is 26.9. The molecule has 0 radical (unpaired) electrons. The topological polar surface area (TPSA) is 46.6 Å². The van der Waals surface area contributed by atoms with Crippen molar-refractivity contribution < 1.29 is 14.3 Å². The van der Waals surface area contributed by atoms with Crippen LogP contribution in [0.5, 0.6) is 0 Å². The summed E-state index contributed by atoms with van der Waals surface area (Å²) in [5, 5.41) is 0.625. The van der Waals surface area contributed by atoms with Gasteiger partial charge in [0.25, 0.3) is 0 Å². The molecule has 0 N–H and O–H groups in total.